The van der Waals surface area contributed by atoms with E-state index in [0.29, 0.717) is 6.29 Å². The smallest absolute Gasteiger partial charge is 0.368 e. The van der Waals surface area contributed by atoms with Gasteiger partial charge in [0.05, 0.1) is 18.1 Å². The summed E-state index contributed by atoms with van der Waals surface area (Å²) in [6.07, 6.45) is -4.03. The second-order valence-electron chi connectivity index (χ2n) is 4.59. The van der Waals surface area contributed by atoms with E-state index >= 15 is 0 Å². The molecule has 20 heavy (non-hydrogen) atoms. The second-order valence-corrected chi connectivity index (χ2v) is 4.59. The highest BCUT2D eigenvalue weighted by Crippen LogP contribution is 2.37. The predicted molar refractivity (Wildman–Crippen MR) is 69.5 cm³/mol. The number of benzene rings is 1. The third kappa shape index (κ3) is 3.73. The van der Waals surface area contributed by atoms with E-state index in [0.717, 1.165) is 6.07 Å². The number of rotatable bonds is 5. The van der Waals surface area contributed by atoms with E-state index in [1.165, 1.54) is 17.0 Å². The maximum atomic E-state index is 13.1. The molecule has 0 radical (unpaired) electrons. The molecule has 1 rings (SSSR count). The molecule has 6 heteroatoms. The van der Waals surface area contributed by atoms with E-state index in [2.05, 4.69) is 0 Å². The van der Waals surface area contributed by atoms with Crippen molar-refractivity contribution in [1.82, 2.24) is 0 Å². The Hall–Kier alpha value is -2.03. The zero-order valence-corrected chi connectivity index (χ0v) is 11.2. The zero-order valence-electron chi connectivity index (χ0n) is 11.2. The van der Waals surface area contributed by atoms with E-state index < -0.39 is 11.7 Å². The van der Waals surface area contributed by atoms with Crippen molar-refractivity contribution in [3.8, 4) is 6.07 Å². The van der Waals surface area contributed by atoms with Crippen LogP contribution in [-0.4, -0.2) is 18.9 Å². The molecule has 0 aliphatic carbocycles. The summed E-state index contributed by atoms with van der Waals surface area (Å²) >= 11 is 0. The van der Waals surface area contributed by atoms with Crippen molar-refractivity contribution in [3.63, 3.8) is 0 Å². The number of hydrogen-bond acceptors (Lipinski definition) is 3. The molecule has 0 unspecified atom stereocenters. The normalized spacial score (nSPS) is 11.2. The summed E-state index contributed by atoms with van der Waals surface area (Å²) in [6.45, 7) is 3.72. The third-order valence-corrected chi connectivity index (χ3v) is 2.86. The highest BCUT2D eigenvalue weighted by Gasteiger charge is 2.35. The first kappa shape index (κ1) is 16.0. The molecule has 0 bridgehead atoms. The van der Waals surface area contributed by atoms with Crippen LogP contribution in [0.3, 0.4) is 0 Å². The Balaban J connectivity index is 3.33. The van der Waals surface area contributed by atoms with Gasteiger partial charge in [-0.15, -0.1) is 0 Å². The largest absolute Gasteiger partial charge is 0.418 e. The molecule has 0 spiro atoms. The van der Waals surface area contributed by atoms with Crippen LogP contribution in [0.2, 0.25) is 0 Å². The molecule has 0 aliphatic rings. The van der Waals surface area contributed by atoms with Crippen molar-refractivity contribution in [2.75, 3.05) is 11.4 Å². The van der Waals surface area contributed by atoms with Gasteiger partial charge in [-0.25, -0.2) is 0 Å². The molecule has 0 atom stereocenters. The lowest BCUT2D eigenvalue weighted by Crippen LogP contribution is -2.33. The van der Waals surface area contributed by atoms with Gasteiger partial charge in [-0.2, -0.15) is 18.4 Å². The Kier molecular flexibility index (Phi) is 5.14. The minimum atomic E-state index is -4.55. The quantitative estimate of drug-likeness (QED) is 0.775. The first-order valence-corrected chi connectivity index (χ1v) is 6.11. The fourth-order valence-corrected chi connectivity index (χ4v) is 1.93. The van der Waals surface area contributed by atoms with Crippen molar-refractivity contribution in [2.45, 2.75) is 32.5 Å². The fraction of sp³-hybridized carbons (Fsp3) is 0.429. The summed E-state index contributed by atoms with van der Waals surface area (Å²) in [6, 6.07) is 5.20. The molecule has 0 amide bonds. The molecule has 0 saturated carbocycles. The van der Waals surface area contributed by atoms with Gasteiger partial charge in [-0.1, -0.05) is 0 Å². The molecule has 1 aromatic rings. The molecule has 1 aromatic carbocycles. The van der Waals surface area contributed by atoms with E-state index in [1.807, 2.05) is 6.07 Å². The van der Waals surface area contributed by atoms with Gasteiger partial charge >= 0.3 is 6.18 Å². The number of nitriles is 1. The lowest BCUT2D eigenvalue weighted by atomic mass is 10.1. The minimum Gasteiger partial charge on any atom is -0.368 e. The lowest BCUT2D eigenvalue weighted by molar-refractivity contribution is -0.137. The third-order valence-electron chi connectivity index (χ3n) is 2.86. The van der Waals surface area contributed by atoms with Gasteiger partial charge in [0.2, 0.25) is 0 Å². The SMILES string of the molecule is CC(C)N(CCC#N)c1ccc(C=O)cc1C(F)(F)F. The molecule has 0 aliphatic heterocycles. The number of carbonyl (C=O) groups excluding carboxylic acids is 1. The first-order chi connectivity index (χ1) is 9.31. The first-order valence-electron chi connectivity index (χ1n) is 6.11. The highest BCUT2D eigenvalue weighted by atomic mass is 19.4. The minimum absolute atomic E-state index is 0.00616. The molecule has 3 nitrogen and oxygen atoms in total. The van der Waals surface area contributed by atoms with E-state index in [-0.39, 0.29) is 30.3 Å². The van der Waals surface area contributed by atoms with Gasteiger partial charge in [0.15, 0.2) is 0 Å². The molecule has 0 fully saturated rings. The second kappa shape index (κ2) is 6.42. The Morgan fingerprint density at radius 3 is 2.50 bits per heavy atom. The topological polar surface area (TPSA) is 44.1 Å². The van der Waals surface area contributed by atoms with E-state index in [1.54, 1.807) is 13.8 Å². The van der Waals surface area contributed by atoms with E-state index in [4.69, 9.17) is 5.26 Å². The molecule has 0 aromatic heterocycles. The summed E-state index contributed by atoms with van der Waals surface area (Å²) in [5.41, 5.74) is -0.882. The van der Waals surface area contributed by atoms with Crippen molar-refractivity contribution >= 4 is 12.0 Å². The number of anilines is 1. The monoisotopic (exact) mass is 284 g/mol. The van der Waals surface area contributed by atoms with Crippen molar-refractivity contribution < 1.29 is 18.0 Å². The van der Waals surface area contributed by atoms with Gasteiger partial charge in [-0.05, 0) is 32.0 Å². The summed E-state index contributed by atoms with van der Waals surface area (Å²) < 4.78 is 39.3. The standard InChI is InChI=1S/C14H15F3N2O/c1-10(2)19(7-3-6-18)13-5-4-11(9-20)8-12(13)14(15,16)17/h4-5,8-10H,3,7H2,1-2H3. The molecular weight excluding hydrogens is 269 g/mol. The van der Waals surface area contributed by atoms with Gasteiger partial charge < -0.3 is 4.90 Å². The van der Waals surface area contributed by atoms with Crippen LogP contribution >= 0.6 is 0 Å². The Labute approximate surface area is 115 Å². The fourth-order valence-electron chi connectivity index (χ4n) is 1.93. The zero-order chi connectivity index (χ0) is 15.3. The van der Waals surface area contributed by atoms with Crippen LogP contribution in [0.5, 0.6) is 0 Å². The Bertz CT molecular complexity index is 518. The van der Waals surface area contributed by atoms with Crippen molar-refractivity contribution in [2.24, 2.45) is 0 Å². The van der Waals surface area contributed by atoms with Gasteiger partial charge in [0, 0.05) is 23.8 Å². The number of halogens is 3. The van der Waals surface area contributed by atoms with Crippen LogP contribution in [0.25, 0.3) is 0 Å². The van der Waals surface area contributed by atoms with Crippen LogP contribution < -0.4 is 4.90 Å². The molecular formula is C14H15F3N2O. The van der Waals surface area contributed by atoms with Crippen LogP contribution in [0.1, 0.15) is 36.2 Å². The number of alkyl halides is 3. The maximum absolute atomic E-state index is 13.1. The lowest BCUT2D eigenvalue weighted by Gasteiger charge is -2.30. The number of carbonyl (C=O) groups is 1. The van der Waals surface area contributed by atoms with Gasteiger partial charge in [0.1, 0.15) is 6.29 Å². The summed E-state index contributed by atoms with van der Waals surface area (Å²) in [4.78, 5) is 12.2. The van der Waals surface area contributed by atoms with Gasteiger partial charge in [0.25, 0.3) is 0 Å². The Morgan fingerprint density at radius 1 is 1.40 bits per heavy atom. The van der Waals surface area contributed by atoms with Crippen LogP contribution in [0.4, 0.5) is 18.9 Å². The van der Waals surface area contributed by atoms with Crippen molar-refractivity contribution in [3.05, 3.63) is 29.3 Å². The average molecular weight is 284 g/mol. The highest BCUT2D eigenvalue weighted by molar-refractivity contribution is 5.77. The number of nitrogens with zero attached hydrogens (tertiary/aromatic N) is 2. The molecule has 0 N–H and O–H groups in total. The van der Waals surface area contributed by atoms with Gasteiger partial charge in [-0.3, -0.25) is 4.79 Å². The maximum Gasteiger partial charge on any atom is 0.418 e. The van der Waals surface area contributed by atoms with E-state index in [9.17, 15) is 18.0 Å². The van der Waals surface area contributed by atoms with Crippen LogP contribution in [-0.2, 0) is 6.18 Å². The summed E-state index contributed by atoms with van der Waals surface area (Å²) in [5, 5.41) is 8.61. The van der Waals surface area contributed by atoms with Crippen LogP contribution in [0.15, 0.2) is 18.2 Å². The molecule has 0 heterocycles. The Morgan fingerprint density at radius 2 is 2.05 bits per heavy atom. The number of aldehydes is 1. The summed E-state index contributed by atoms with van der Waals surface area (Å²) in [7, 11) is 0. The molecule has 0 saturated heterocycles. The van der Waals surface area contributed by atoms with Crippen LogP contribution in [0, 0.1) is 11.3 Å². The average Bonchev–Trinajstić information content (AvgIpc) is 2.37. The number of hydrogen-bond donors (Lipinski definition) is 0. The molecule has 108 valence electrons. The summed E-state index contributed by atoms with van der Waals surface area (Å²) in [5.74, 6) is 0. The predicted octanol–water partition coefficient (Wildman–Crippen LogP) is 3.65. The van der Waals surface area contributed by atoms with Crippen molar-refractivity contribution in [1.29, 1.82) is 5.26 Å².